The van der Waals surface area contributed by atoms with Crippen LogP contribution in [0.5, 0.6) is 0 Å². The third kappa shape index (κ3) is 7.42. The molecule has 2 atom stereocenters. The standard InChI is InChI=1S/C18H34N2S/c1-8-9-19-16(10-13(2)12-18(5,6)7)11-17-20-14(3)15(4)21-17/h13,16,19H,8-12H2,1-7H3. The van der Waals surface area contributed by atoms with E-state index in [1.807, 2.05) is 11.3 Å². The first-order valence-electron chi connectivity index (χ1n) is 8.37. The van der Waals surface area contributed by atoms with Gasteiger partial charge in [0, 0.05) is 17.3 Å². The molecule has 1 aromatic rings. The molecule has 0 radical (unpaired) electrons. The van der Waals surface area contributed by atoms with E-state index in [2.05, 4.69) is 53.8 Å². The van der Waals surface area contributed by atoms with Gasteiger partial charge in [0.1, 0.15) is 0 Å². The van der Waals surface area contributed by atoms with Crippen molar-refractivity contribution in [3.63, 3.8) is 0 Å². The van der Waals surface area contributed by atoms with Gasteiger partial charge >= 0.3 is 0 Å². The Balaban J connectivity index is 2.62. The van der Waals surface area contributed by atoms with Crippen molar-refractivity contribution in [1.29, 1.82) is 0 Å². The minimum atomic E-state index is 0.420. The molecule has 0 spiro atoms. The average molecular weight is 311 g/mol. The maximum Gasteiger partial charge on any atom is 0.0946 e. The van der Waals surface area contributed by atoms with E-state index in [9.17, 15) is 0 Å². The van der Waals surface area contributed by atoms with Crippen molar-refractivity contribution in [2.75, 3.05) is 6.54 Å². The molecule has 2 unspecified atom stereocenters. The van der Waals surface area contributed by atoms with Gasteiger partial charge in [-0.15, -0.1) is 11.3 Å². The number of nitrogens with one attached hydrogen (secondary N) is 1. The molecule has 0 aliphatic heterocycles. The van der Waals surface area contributed by atoms with Crippen LogP contribution in [-0.2, 0) is 6.42 Å². The number of hydrogen-bond donors (Lipinski definition) is 1. The number of aromatic nitrogens is 1. The van der Waals surface area contributed by atoms with E-state index in [4.69, 9.17) is 4.98 Å². The van der Waals surface area contributed by atoms with Crippen LogP contribution in [0.4, 0.5) is 0 Å². The Morgan fingerprint density at radius 2 is 1.90 bits per heavy atom. The monoisotopic (exact) mass is 310 g/mol. The van der Waals surface area contributed by atoms with E-state index in [0.717, 1.165) is 18.9 Å². The van der Waals surface area contributed by atoms with Crippen LogP contribution in [-0.4, -0.2) is 17.6 Å². The summed E-state index contributed by atoms with van der Waals surface area (Å²) in [6, 6.07) is 0.562. The van der Waals surface area contributed by atoms with E-state index in [-0.39, 0.29) is 0 Å². The molecule has 0 amide bonds. The molecule has 1 heterocycles. The summed E-state index contributed by atoms with van der Waals surface area (Å²) in [5.41, 5.74) is 1.62. The summed E-state index contributed by atoms with van der Waals surface area (Å²) in [6.07, 6.45) is 4.80. The van der Waals surface area contributed by atoms with Crippen LogP contribution in [0.1, 0.15) is 69.5 Å². The molecule has 122 valence electrons. The van der Waals surface area contributed by atoms with Gasteiger partial charge in [-0.1, -0.05) is 34.6 Å². The lowest BCUT2D eigenvalue weighted by Gasteiger charge is -2.27. The summed E-state index contributed by atoms with van der Waals surface area (Å²) in [5, 5.41) is 5.02. The number of thiazole rings is 1. The predicted octanol–water partition coefficient (Wildman–Crippen LogP) is 5.13. The van der Waals surface area contributed by atoms with Crippen molar-refractivity contribution in [3.05, 3.63) is 15.6 Å². The van der Waals surface area contributed by atoms with Crippen molar-refractivity contribution in [1.82, 2.24) is 10.3 Å². The minimum absolute atomic E-state index is 0.420. The lowest BCUT2D eigenvalue weighted by atomic mass is 9.82. The lowest BCUT2D eigenvalue weighted by molar-refractivity contribution is 0.274. The maximum atomic E-state index is 4.72. The van der Waals surface area contributed by atoms with Crippen LogP contribution < -0.4 is 5.32 Å². The number of hydrogen-bond acceptors (Lipinski definition) is 3. The first kappa shape index (κ1) is 18.6. The van der Waals surface area contributed by atoms with E-state index >= 15 is 0 Å². The molecule has 3 heteroatoms. The third-order valence-corrected chi connectivity index (χ3v) is 4.92. The van der Waals surface area contributed by atoms with Crippen molar-refractivity contribution < 1.29 is 0 Å². The van der Waals surface area contributed by atoms with Gasteiger partial charge in [0.2, 0.25) is 0 Å². The molecule has 0 bridgehead atoms. The normalized spacial score (nSPS) is 15.2. The summed E-state index contributed by atoms with van der Waals surface area (Å²) in [5.74, 6) is 0.751. The zero-order valence-electron chi connectivity index (χ0n) is 15.0. The predicted molar refractivity (Wildman–Crippen MR) is 95.2 cm³/mol. The molecule has 1 N–H and O–H groups in total. The maximum absolute atomic E-state index is 4.72. The van der Waals surface area contributed by atoms with Crippen molar-refractivity contribution in [2.45, 2.75) is 80.2 Å². The van der Waals surface area contributed by atoms with Crippen LogP contribution >= 0.6 is 11.3 Å². The molecule has 0 aliphatic carbocycles. The highest BCUT2D eigenvalue weighted by atomic mass is 32.1. The van der Waals surface area contributed by atoms with Crippen LogP contribution in [0.25, 0.3) is 0 Å². The second-order valence-corrected chi connectivity index (χ2v) is 9.00. The van der Waals surface area contributed by atoms with E-state index in [1.54, 1.807) is 0 Å². The molecule has 21 heavy (non-hydrogen) atoms. The minimum Gasteiger partial charge on any atom is -0.314 e. The topological polar surface area (TPSA) is 24.9 Å². The molecule has 1 aromatic heterocycles. The summed E-state index contributed by atoms with van der Waals surface area (Å²) in [6.45, 7) is 17.0. The highest BCUT2D eigenvalue weighted by Crippen LogP contribution is 2.28. The average Bonchev–Trinajstić information content (AvgIpc) is 2.62. The summed E-state index contributed by atoms with van der Waals surface area (Å²) in [4.78, 5) is 6.08. The van der Waals surface area contributed by atoms with Gasteiger partial charge in [-0.25, -0.2) is 4.98 Å². The van der Waals surface area contributed by atoms with Crippen molar-refractivity contribution >= 4 is 11.3 Å². The molecule has 1 rings (SSSR count). The van der Waals surface area contributed by atoms with Gasteiger partial charge < -0.3 is 5.32 Å². The second-order valence-electron chi connectivity index (χ2n) is 7.71. The highest BCUT2D eigenvalue weighted by molar-refractivity contribution is 7.11. The highest BCUT2D eigenvalue weighted by Gasteiger charge is 2.20. The summed E-state index contributed by atoms with van der Waals surface area (Å²) >= 11 is 1.87. The molecule has 0 fully saturated rings. The summed E-state index contributed by atoms with van der Waals surface area (Å²) < 4.78 is 0. The van der Waals surface area contributed by atoms with E-state index < -0.39 is 0 Å². The fourth-order valence-electron chi connectivity index (χ4n) is 3.04. The fraction of sp³-hybridized carbons (Fsp3) is 0.833. The van der Waals surface area contributed by atoms with Crippen molar-refractivity contribution in [3.8, 4) is 0 Å². The molecular formula is C18H34N2S. The zero-order chi connectivity index (χ0) is 16.0. The van der Waals surface area contributed by atoms with Crippen LogP contribution in [0, 0.1) is 25.2 Å². The lowest BCUT2D eigenvalue weighted by Crippen LogP contribution is -2.34. The molecule has 0 saturated heterocycles. The molecule has 0 saturated carbocycles. The second kappa shape index (κ2) is 8.28. The van der Waals surface area contributed by atoms with E-state index in [1.165, 1.54) is 34.8 Å². The Hall–Kier alpha value is -0.410. The zero-order valence-corrected chi connectivity index (χ0v) is 15.9. The number of aryl methyl sites for hydroxylation is 2. The third-order valence-electron chi connectivity index (χ3n) is 3.82. The van der Waals surface area contributed by atoms with Crippen LogP contribution in [0.15, 0.2) is 0 Å². The van der Waals surface area contributed by atoms with Gasteiger partial charge in [0.25, 0.3) is 0 Å². The number of rotatable bonds is 8. The van der Waals surface area contributed by atoms with Gasteiger partial charge in [-0.3, -0.25) is 0 Å². The molecule has 2 nitrogen and oxygen atoms in total. The van der Waals surface area contributed by atoms with Crippen LogP contribution in [0.2, 0.25) is 0 Å². The first-order chi connectivity index (χ1) is 9.71. The Bertz CT molecular complexity index is 398. The van der Waals surface area contributed by atoms with Crippen molar-refractivity contribution in [2.24, 2.45) is 11.3 Å². The first-order valence-corrected chi connectivity index (χ1v) is 9.19. The van der Waals surface area contributed by atoms with Gasteiger partial charge in [-0.05, 0) is 51.0 Å². The Morgan fingerprint density at radius 3 is 2.38 bits per heavy atom. The Labute approximate surface area is 135 Å². The molecule has 0 aliphatic rings. The Morgan fingerprint density at radius 1 is 1.24 bits per heavy atom. The Kier molecular flexibility index (Phi) is 7.35. The van der Waals surface area contributed by atoms with E-state index in [0.29, 0.717) is 11.5 Å². The van der Waals surface area contributed by atoms with Gasteiger partial charge in [0.15, 0.2) is 0 Å². The smallest absolute Gasteiger partial charge is 0.0946 e. The quantitative estimate of drug-likeness (QED) is 0.719. The summed E-state index contributed by atoms with van der Waals surface area (Å²) in [7, 11) is 0. The van der Waals surface area contributed by atoms with Gasteiger partial charge in [0.05, 0.1) is 10.7 Å². The van der Waals surface area contributed by atoms with Crippen LogP contribution in [0.3, 0.4) is 0 Å². The SMILES string of the molecule is CCCNC(Cc1nc(C)c(C)s1)CC(C)CC(C)(C)C. The molecule has 0 aromatic carbocycles. The largest absolute Gasteiger partial charge is 0.314 e. The molecular weight excluding hydrogens is 276 g/mol. The van der Waals surface area contributed by atoms with Gasteiger partial charge in [-0.2, -0.15) is 0 Å². The fourth-order valence-corrected chi connectivity index (χ4v) is 4.05. The number of nitrogens with zero attached hydrogens (tertiary/aromatic N) is 1.